The fourth-order valence-corrected chi connectivity index (χ4v) is 4.75. The average molecular weight is 466 g/mol. The first kappa shape index (κ1) is 17.5. The Balaban J connectivity index is 1.73. The van der Waals surface area contributed by atoms with Crippen molar-refractivity contribution in [2.75, 3.05) is 27.2 Å². The highest BCUT2D eigenvalue weighted by Crippen LogP contribution is 2.47. The lowest BCUT2D eigenvalue weighted by Crippen LogP contribution is -2.44. The SMILES string of the molecule is CN(C)C1CCN(C2c3cc(Br)ccc3Oc3ccc(Br)cc32)CC1. The van der Waals surface area contributed by atoms with Crippen LogP contribution in [0.15, 0.2) is 45.3 Å². The molecular weight excluding hydrogens is 444 g/mol. The van der Waals surface area contributed by atoms with E-state index in [2.05, 4.69) is 92.2 Å². The number of halogens is 2. The van der Waals surface area contributed by atoms with E-state index in [0.29, 0.717) is 6.04 Å². The van der Waals surface area contributed by atoms with Crippen molar-refractivity contribution < 1.29 is 4.74 Å². The van der Waals surface area contributed by atoms with Crippen LogP contribution >= 0.6 is 31.9 Å². The third kappa shape index (κ3) is 3.39. The molecule has 3 nitrogen and oxygen atoms in total. The Morgan fingerprint density at radius 2 is 1.44 bits per heavy atom. The number of hydrogen-bond donors (Lipinski definition) is 0. The lowest BCUT2D eigenvalue weighted by Gasteiger charge is -2.42. The van der Waals surface area contributed by atoms with Crippen molar-refractivity contribution in [2.45, 2.75) is 24.9 Å². The van der Waals surface area contributed by atoms with Gasteiger partial charge in [-0.1, -0.05) is 31.9 Å². The van der Waals surface area contributed by atoms with E-state index in [0.717, 1.165) is 33.5 Å². The molecule has 5 heteroatoms. The lowest BCUT2D eigenvalue weighted by molar-refractivity contribution is 0.118. The van der Waals surface area contributed by atoms with Gasteiger partial charge in [0.2, 0.25) is 0 Å². The normalized spacial score (nSPS) is 18.8. The van der Waals surface area contributed by atoms with E-state index >= 15 is 0 Å². The van der Waals surface area contributed by atoms with E-state index in [9.17, 15) is 0 Å². The van der Waals surface area contributed by atoms with Crippen LogP contribution in [0.5, 0.6) is 11.5 Å². The zero-order valence-electron chi connectivity index (χ0n) is 14.5. The highest BCUT2D eigenvalue weighted by atomic mass is 79.9. The van der Waals surface area contributed by atoms with Crippen LogP contribution in [0.1, 0.15) is 30.0 Å². The molecule has 0 aliphatic carbocycles. The molecule has 0 bridgehead atoms. The van der Waals surface area contributed by atoms with Crippen LogP contribution in [-0.2, 0) is 0 Å². The van der Waals surface area contributed by atoms with Gasteiger partial charge < -0.3 is 9.64 Å². The quantitative estimate of drug-likeness (QED) is 0.587. The molecule has 0 amide bonds. The zero-order valence-corrected chi connectivity index (χ0v) is 17.7. The number of rotatable bonds is 2. The Kier molecular flexibility index (Phi) is 4.93. The summed E-state index contributed by atoms with van der Waals surface area (Å²) in [6.45, 7) is 2.21. The second kappa shape index (κ2) is 7.03. The van der Waals surface area contributed by atoms with Crippen LogP contribution < -0.4 is 4.74 Å². The van der Waals surface area contributed by atoms with E-state index in [1.54, 1.807) is 0 Å². The molecule has 0 N–H and O–H groups in total. The predicted octanol–water partition coefficient (Wildman–Crippen LogP) is 5.43. The highest BCUT2D eigenvalue weighted by Gasteiger charge is 2.34. The smallest absolute Gasteiger partial charge is 0.132 e. The van der Waals surface area contributed by atoms with Crippen molar-refractivity contribution in [1.29, 1.82) is 0 Å². The van der Waals surface area contributed by atoms with Crippen LogP contribution in [0.4, 0.5) is 0 Å². The first-order valence-electron chi connectivity index (χ1n) is 8.70. The predicted molar refractivity (Wildman–Crippen MR) is 108 cm³/mol. The Bertz CT molecular complexity index is 734. The summed E-state index contributed by atoms with van der Waals surface area (Å²) in [6.07, 6.45) is 2.41. The number of fused-ring (bicyclic) bond motifs is 2. The maximum Gasteiger partial charge on any atom is 0.132 e. The van der Waals surface area contributed by atoms with E-state index < -0.39 is 0 Å². The average Bonchev–Trinajstić information content (AvgIpc) is 2.60. The van der Waals surface area contributed by atoms with Crippen molar-refractivity contribution in [3.63, 3.8) is 0 Å². The van der Waals surface area contributed by atoms with Crippen molar-refractivity contribution in [3.05, 3.63) is 56.5 Å². The van der Waals surface area contributed by atoms with Gasteiger partial charge >= 0.3 is 0 Å². The Morgan fingerprint density at radius 3 is 1.92 bits per heavy atom. The maximum atomic E-state index is 6.19. The largest absolute Gasteiger partial charge is 0.457 e. The number of ether oxygens (including phenoxy) is 1. The molecule has 0 saturated carbocycles. The molecule has 2 aromatic carbocycles. The topological polar surface area (TPSA) is 15.7 Å². The molecule has 2 aromatic rings. The van der Waals surface area contributed by atoms with E-state index in [-0.39, 0.29) is 6.04 Å². The first-order chi connectivity index (χ1) is 12.0. The standard InChI is InChI=1S/C20H22Br2N2O/c1-23(2)15-7-9-24(10-8-15)20-16-11-13(21)3-5-18(16)25-19-6-4-14(22)12-17(19)20/h3-6,11-12,15,20H,7-10H2,1-2H3. The first-order valence-corrected chi connectivity index (χ1v) is 10.3. The fourth-order valence-electron chi connectivity index (χ4n) is 3.99. The molecule has 2 aliphatic rings. The maximum absolute atomic E-state index is 6.19. The minimum Gasteiger partial charge on any atom is -0.457 e. The van der Waals surface area contributed by atoms with Crippen molar-refractivity contribution >= 4 is 31.9 Å². The molecule has 132 valence electrons. The summed E-state index contributed by atoms with van der Waals surface area (Å²) in [5, 5.41) is 0. The number of hydrogen-bond acceptors (Lipinski definition) is 3. The van der Waals surface area contributed by atoms with Crippen LogP contribution in [-0.4, -0.2) is 43.0 Å². The van der Waals surface area contributed by atoms with Gasteiger partial charge in [-0.15, -0.1) is 0 Å². The van der Waals surface area contributed by atoms with Crippen LogP contribution in [0.3, 0.4) is 0 Å². The number of likely N-dealkylation sites (tertiary alicyclic amines) is 1. The molecule has 0 radical (unpaired) electrons. The van der Waals surface area contributed by atoms with Crippen LogP contribution in [0.2, 0.25) is 0 Å². The van der Waals surface area contributed by atoms with Gasteiger partial charge in [0.05, 0.1) is 6.04 Å². The third-order valence-corrected chi connectivity index (χ3v) is 6.33. The van der Waals surface area contributed by atoms with Gasteiger partial charge in [-0.25, -0.2) is 0 Å². The lowest BCUT2D eigenvalue weighted by atomic mass is 9.91. The molecule has 0 spiro atoms. The summed E-state index contributed by atoms with van der Waals surface area (Å²) in [5.41, 5.74) is 2.51. The Labute approximate surface area is 166 Å². The fraction of sp³-hybridized carbons (Fsp3) is 0.400. The summed E-state index contributed by atoms with van der Waals surface area (Å²) in [4.78, 5) is 4.97. The van der Waals surface area contributed by atoms with Gasteiger partial charge in [0.25, 0.3) is 0 Å². The summed E-state index contributed by atoms with van der Waals surface area (Å²) in [6, 6.07) is 13.6. The minimum absolute atomic E-state index is 0.247. The Hall–Kier alpha value is -0.880. The minimum atomic E-state index is 0.247. The van der Waals surface area contributed by atoms with Gasteiger partial charge in [-0.2, -0.15) is 0 Å². The molecule has 1 saturated heterocycles. The van der Waals surface area contributed by atoms with Crippen LogP contribution in [0.25, 0.3) is 0 Å². The van der Waals surface area contributed by atoms with E-state index in [4.69, 9.17) is 4.74 Å². The van der Waals surface area contributed by atoms with Gasteiger partial charge in [0.1, 0.15) is 11.5 Å². The summed E-state index contributed by atoms with van der Waals surface area (Å²) < 4.78 is 8.39. The molecule has 0 unspecified atom stereocenters. The molecule has 25 heavy (non-hydrogen) atoms. The van der Waals surface area contributed by atoms with E-state index in [1.165, 1.54) is 24.0 Å². The number of piperidine rings is 1. The van der Waals surface area contributed by atoms with Crippen LogP contribution in [0, 0.1) is 0 Å². The van der Waals surface area contributed by atoms with Crippen molar-refractivity contribution in [1.82, 2.24) is 9.80 Å². The second-order valence-corrected chi connectivity index (χ2v) is 8.93. The molecule has 0 atom stereocenters. The second-order valence-electron chi connectivity index (χ2n) is 7.10. The third-order valence-electron chi connectivity index (χ3n) is 5.35. The van der Waals surface area contributed by atoms with Gasteiger partial charge in [0, 0.05) is 39.2 Å². The molecular formula is C20H22Br2N2O. The van der Waals surface area contributed by atoms with Gasteiger partial charge in [0.15, 0.2) is 0 Å². The summed E-state index contributed by atoms with van der Waals surface area (Å²) in [7, 11) is 4.38. The van der Waals surface area contributed by atoms with Crippen molar-refractivity contribution in [3.8, 4) is 11.5 Å². The zero-order chi connectivity index (χ0) is 17.6. The summed E-state index contributed by atoms with van der Waals surface area (Å²) in [5.74, 6) is 1.94. The molecule has 2 heterocycles. The Morgan fingerprint density at radius 1 is 0.920 bits per heavy atom. The highest BCUT2D eigenvalue weighted by molar-refractivity contribution is 9.10. The number of nitrogens with zero attached hydrogens (tertiary/aromatic N) is 2. The van der Waals surface area contributed by atoms with E-state index in [1.807, 2.05) is 0 Å². The van der Waals surface area contributed by atoms with Crippen molar-refractivity contribution in [2.24, 2.45) is 0 Å². The monoisotopic (exact) mass is 464 g/mol. The summed E-state index contributed by atoms with van der Waals surface area (Å²) >= 11 is 7.27. The molecule has 1 fully saturated rings. The van der Waals surface area contributed by atoms with Gasteiger partial charge in [-0.3, -0.25) is 4.90 Å². The number of benzene rings is 2. The molecule has 0 aromatic heterocycles. The molecule has 2 aliphatic heterocycles. The molecule has 4 rings (SSSR count). The van der Waals surface area contributed by atoms with Gasteiger partial charge in [-0.05, 0) is 63.3 Å².